The van der Waals surface area contributed by atoms with Gasteiger partial charge in [-0.1, -0.05) is 24.6 Å². The maximum atomic E-state index is 13.2. The fraction of sp³-hybridized carbons (Fsp3) is 0.440. The van der Waals surface area contributed by atoms with Gasteiger partial charge in [0.1, 0.15) is 6.17 Å². The molecule has 2 fully saturated rings. The number of piperazine rings is 1. The fourth-order valence-corrected chi connectivity index (χ4v) is 5.17. The Bertz CT molecular complexity index is 969. The van der Waals surface area contributed by atoms with E-state index < -0.39 is 0 Å². The van der Waals surface area contributed by atoms with Crippen LogP contribution >= 0.6 is 0 Å². The van der Waals surface area contributed by atoms with Crippen molar-refractivity contribution >= 4 is 23.2 Å². The van der Waals surface area contributed by atoms with Crippen molar-refractivity contribution in [1.29, 1.82) is 0 Å². The van der Waals surface area contributed by atoms with Crippen molar-refractivity contribution < 1.29 is 9.59 Å². The van der Waals surface area contributed by atoms with Crippen LogP contribution in [0.3, 0.4) is 0 Å². The maximum Gasteiger partial charge on any atom is 0.257 e. The van der Waals surface area contributed by atoms with Crippen molar-refractivity contribution in [3.63, 3.8) is 0 Å². The van der Waals surface area contributed by atoms with Gasteiger partial charge in [0.05, 0.1) is 11.3 Å². The number of carbonyl (C=O) groups excluding carboxylic acids is 2. The van der Waals surface area contributed by atoms with Gasteiger partial charge in [-0.2, -0.15) is 0 Å². The van der Waals surface area contributed by atoms with E-state index in [0.29, 0.717) is 24.2 Å². The van der Waals surface area contributed by atoms with Gasteiger partial charge in [-0.3, -0.25) is 9.59 Å². The summed E-state index contributed by atoms with van der Waals surface area (Å²) in [4.78, 5) is 34.8. The van der Waals surface area contributed by atoms with Gasteiger partial charge in [0.25, 0.3) is 11.8 Å². The monoisotopic (exact) mass is 418 g/mol. The number of benzene rings is 2. The molecule has 3 aliphatic rings. The number of nitrogens with zero attached hydrogens (tertiary/aromatic N) is 4. The summed E-state index contributed by atoms with van der Waals surface area (Å²) < 4.78 is 0. The SMILES string of the molecule is CN1c2cc(C(=O)N3CCN(c4ccccc4)CC3)ccc2C(=O)N2CCCCC[C@@H]21. The average Bonchev–Trinajstić information content (AvgIpc) is 3.09. The van der Waals surface area contributed by atoms with Gasteiger partial charge in [-0.05, 0) is 49.6 Å². The Morgan fingerprint density at radius 3 is 2.45 bits per heavy atom. The molecule has 2 saturated heterocycles. The number of carbonyl (C=O) groups is 2. The number of para-hydroxylation sites is 1. The zero-order valence-electron chi connectivity index (χ0n) is 18.2. The Morgan fingerprint density at radius 1 is 0.903 bits per heavy atom. The minimum absolute atomic E-state index is 0.0552. The third-order valence-corrected chi connectivity index (χ3v) is 6.97. The summed E-state index contributed by atoms with van der Waals surface area (Å²) in [5.74, 6) is 0.162. The smallest absolute Gasteiger partial charge is 0.257 e. The first-order valence-electron chi connectivity index (χ1n) is 11.4. The second kappa shape index (κ2) is 8.25. The van der Waals surface area contributed by atoms with Gasteiger partial charge < -0.3 is 19.6 Å². The van der Waals surface area contributed by atoms with Crippen LogP contribution in [0.15, 0.2) is 48.5 Å². The van der Waals surface area contributed by atoms with Gasteiger partial charge in [0.2, 0.25) is 0 Å². The molecule has 0 radical (unpaired) electrons. The lowest BCUT2D eigenvalue weighted by molar-refractivity contribution is 0.0659. The first-order chi connectivity index (χ1) is 15.1. The molecule has 31 heavy (non-hydrogen) atoms. The highest BCUT2D eigenvalue weighted by atomic mass is 16.2. The number of anilines is 2. The number of rotatable bonds is 2. The summed E-state index contributed by atoms with van der Waals surface area (Å²) in [5, 5.41) is 0. The van der Waals surface area contributed by atoms with Crippen LogP contribution in [0.2, 0.25) is 0 Å². The molecule has 0 saturated carbocycles. The molecule has 0 bridgehead atoms. The molecule has 3 aliphatic heterocycles. The van der Waals surface area contributed by atoms with Gasteiger partial charge in [0, 0.05) is 51.0 Å². The van der Waals surface area contributed by atoms with Crippen LogP contribution in [-0.2, 0) is 0 Å². The van der Waals surface area contributed by atoms with E-state index in [4.69, 9.17) is 0 Å². The zero-order chi connectivity index (χ0) is 21.4. The molecule has 0 N–H and O–H groups in total. The van der Waals surface area contributed by atoms with Crippen molar-refractivity contribution in [1.82, 2.24) is 9.80 Å². The molecule has 162 valence electrons. The van der Waals surface area contributed by atoms with Gasteiger partial charge in [-0.15, -0.1) is 0 Å². The molecular formula is C25H30N4O2. The van der Waals surface area contributed by atoms with E-state index in [1.807, 2.05) is 46.2 Å². The number of hydrogen-bond donors (Lipinski definition) is 0. The lowest BCUT2D eigenvalue weighted by atomic mass is 10.0. The molecule has 0 aromatic heterocycles. The topological polar surface area (TPSA) is 47.1 Å². The van der Waals surface area contributed by atoms with Crippen LogP contribution in [0, 0.1) is 0 Å². The Kier molecular flexibility index (Phi) is 5.30. The molecule has 1 atom stereocenters. The molecule has 5 rings (SSSR count). The van der Waals surface area contributed by atoms with Crippen molar-refractivity contribution in [2.45, 2.75) is 31.8 Å². The molecule has 6 nitrogen and oxygen atoms in total. The van der Waals surface area contributed by atoms with Crippen LogP contribution in [-0.4, -0.2) is 67.6 Å². The molecule has 2 aromatic carbocycles. The summed E-state index contributed by atoms with van der Waals surface area (Å²) in [6.07, 6.45) is 4.46. The average molecular weight is 419 g/mol. The highest BCUT2D eigenvalue weighted by Gasteiger charge is 2.36. The highest BCUT2D eigenvalue weighted by molar-refractivity contribution is 6.04. The maximum absolute atomic E-state index is 13.2. The summed E-state index contributed by atoms with van der Waals surface area (Å²) in [6.45, 7) is 3.89. The first-order valence-corrected chi connectivity index (χ1v) is 11.4. The van der Waals surface area contributed by atoms with Crippen LogP contribution in [0.4, 0.5) is 11.4 Å². The van der Waals surface area contributed by atoms with E-state index in [9.17, 15) is 9.59 Å². The van der Waals surface area contributed by atoms with E-state index in [1.54, 1.807) is 0 Å². The van der Waals surface area contributed by atoms with E-state index in [0.717, 1.165) is 44.6 Å². The predicted molar refractivity (Wildman–Crippen MR) is 123 cm³/mol. The van der Waals surface area contributed by atoms with Gasteiger partial charge in [-0.25, -0.2) is 0 Å². The minimum atomic E-state index is 0.0552. The van der Waals surface area contributed by atoms with Crippen LogP contribution in [0.1, 0.15) is 46.4 Å². The molecule has 0 unspecified atom stereocenters. The molecule has 0 spiro atoms. The molecule has 6 heteroatoms. The molecular weight excluding hydrogens is 388 g/mol. The Hall–Kier alpha value is -3.02. The Labute approximate surface area is 184 Å². The lowest BCUT2D eigenvalue weighted by Crippen LogP contribution is -2.53. The second-order valence-corrected chi connectivity index (χ2v) is 8.79. The fourth-order valence-electron chi connectivity index (χ4n) is 5.17. The first kappa shape index (κ1) is 19.9. The summed E-state index contributed by atoms with van der Waals surface area (Å²) in [6, 6.07) is 16.0. The van der Waals surface area contributed by atoms with E-state index in [1.165, 1.54) is 12.1 Å². The van der Waals surface area contributed by atoms with E-state index in [2.05, 4.69) is 29.0 Å². The Morgan fingerprint density at radius 2 is 1.68 bits per heavy atom. The molecule has 3 heterocycles. The van der Waals surface area contributed by atoms with Crippen molar-refractivity contribution in [3.05, 3.63) is 59.7 Å². The molecule has 0 aliphatic carbocycles. The van der Waals surface area contributed by atoms with E-state index in [-0.39, 0.29) is 18.0 Å². The summed E-state index contributed by atoms with van der Waals surface area (Å²) in [7, 11) is 2.06. The Balaban J connectivity index is 1.33. The van der Waals surface area contributed by atoms with Crippen molar-refractivity contribution in [2.24, 2.45) is 0 Å². The minimum Gasteiger partial charge on any atom is -0.368 e. The highest BCUT2D eigenvalue weighted by Crippen LogP contribution is 2.34. The summed E-state index contributed by atoms with van der Waals surface area (Å²) >= 11 is 0. The van der Waals surface area contributed by atoms with E-state index >= 15 is 0 Å². The lowest BCUT2D eigenvalue weighted by Gasteiger charge is -2.43. The largest absolute Gasteiger partial charge is 0.368 e. The van der Waals surface area contributed by atoms with Crippen molar-refractivity contribution in [3.8, 4) is 0 Å². The normalized spacial score (nSPS) is 21.5. The van der Waals surface area contributed by atoms with Crippen LogP contribution in [0.5, 0.6) is 0 Å². The number of amides is 2. The second-order valence-electron chi connectivity index (χ2n) is 8.79. The summed E-state index contributed by atoms with van der Waals surface area (Å²) in [5.41, 5.74) is 3.48. The number of hydrogen-bond acceptors (Lipinski definition) is 4. The van der Waals surface area contributed by atoms with Gasteiger partial charge in [0.15, 0.2) is 0 Å². The zero-order valence-corrected chi connectivity index (χ0v) is 18.2. The quantitative estimate of drug-likeness (QED) is 0.750. The third kappa shape index (κ3) is 3.64. The van der Waals surface area contributed by atoms with Gasteiger partial charge >= 0.3 is 0 Å². The molecule has 2 aromatic rings. The predicted octanol–water partition coefficient (Wildman–Crippen LogP) is 3.44. The number of fused-ring (bicyclic) bond motifs is 2. The van der Waals surface area contributed by atoms with Crippen molar-refractivity contribution in [2.75, 3.05) is 49.6 Å². The van der Waals surface area contributed by atoms with Crippen LogP contribution < -0.4 is 9.80 Å². The third-order valence-electron chi connectivity index (χ3n) is 6.97. The standard InChI is InChI=1S/C25H30N4O2/c1-26-22-18-19(11-12-21(22)25(31)29-13-7-3-6-10-23(26)29)24(30)28-16-14-27(15-17-28)20-8-4-2-5-9-20/h2,4-5,8-9,11-12,18,23H,3,6-7,10,13-17H2,1H3/t23-/m1/s1. The molecule has 2 amide bonds. The van der Waals surface area contributed by atoms with Crippen LogP contribution in [0.25, 0.3) is 0 Å².